The predicted molar refractivity (Wildman–Crippen MR) is 59.8 cm³/mol. The molecule has 2 heteroatoms. The molecular formula is C12H14OS. The summed E-state index contributed by atoms with van der Waals surface area (Å²) in [6, 6.07) is 8.36. The zero-order chi connectivity index (χ0) is 10.2. The van der Waals surface area contributed by atoms with Gasteiger partial charge in [-0.2, -0.15) is 0 Å². The van der Waals surface area contributed by atoms with Crippen LogP contribution in [0.25, 0.3) is 0 Å². The molecule has 1 aromatic rings. The molecule has 0 atom stereocenters. The molecule has 14 heavy (non-hydrogen) atoms. The molecule has 0 spiro atoms. The van der Waals surface area contributed by atoms with Crippen molar-refractivity contribution in [3.8, 4) is 0 Å². The average molecular weight is 206 g/mol. The summed E-state index contributed by atoms with van der Waals surface area (Å²) in [5.41, 5.74) is 1.09. The van der Waals surface area contributed by atoms with Crippen molar-refractivity contribution in [2.75, 3.05) is 6.26 Å². The minimum Gasteiger partial charge on any atom is -0.299 e. The van der Waals surface area contributed by atoms with Crippen molar-refractivity contribution in [3.05, 3.63) is 29.8 Å². The smallest absolute Gasteiger partial charge is 0.140 e. The molecule has 0 heterocycles. The van der Waals surface area contributed by atoms with Crippen LogP contribution in [0.2, 0.25) is 0 Å². The molecule has 0 N–H and O–H groups in total. The summed E-state index contributed by atoms with van der Waals surface area (Å²) in [4.78, 5) is 12.8. The maximum Gasteiger partial charge on any atom is 0.140 e. The van der Waals surface area contributed by atoms with E-state index in [-0.39, 0.29) is 5.41 Å². The Bertz CT molecular complexity index is 366. The Morgan fingerprint density at radius 2 is 2.14 bits per heavy atom. The van der Waals surface area contributed by atoms with Crippen molar-refractivity contribution in [1.29, 1.82) is 0 Å². The van der Waals surface area contributed by atoms with Crippen molar-refractivity contribution in [2.45, 2.75) is 30.1 Å². The first-order valence-corrected chi connectivity index (χ1v) is 6.07. The molecule has 1 aliphatic carbocycles. The third-order valence-electron chi connectivity index (χ3n) is 3.05. The van der Waals surface area contributed by atoms with Gasteiger partial charge in [-0.1, -0.05) is 12.1 Å². The Morgan fingerprint density at radius 3 is 2.64 bits per heavy atom. The van der Waals surface area contributed by atoms with Crippen LogP contribution in [0, 0.1) is 0 Å². The molecule has 74 valence electrons. The van der Waals surface area contributed by atoms with Gasteiger partial charge >= 0.3 is 0 Å². The van der Waals surface area contributed by atoms with Crippen LogP contribution in [-0.2, 0) is 10.2 Å². The lowest BCUT2D eigenvalue weighted by Gasteiger charge is -2.12. The first kappa shape index (κ1) is 9.78. The molecule has 1 aliphatic rings. The van der Waals surface area contributed by atoms with Gasteiger partial charge in [0, 0.05) is 4.90 Å². The number of hydrogen-bond donors (Lipinski definition) is 0. The molecule has 1 nitrogen and oxygen atoms in total. The Hall–Kier alpha value is -0.760. The number of rotatable bonds is 3. The van der Waals surface area contributed by atoms with Crippen molar-refractivity contribution >= 4 is 17.5 Å². The molecular weight excluding hydrogens is 192 g/mol. The van der Waals surface area contributed by atoms with Gasteiger partial charge < -0.3 is 0 Å². The second-order valence-corrected chi connectivity index (χ2v) is 4.75. The summed E-state index contributed by atoms with van der Waals surface area (Å²) >= 11 is 1.73. The van der Waals surface area contributed by atoms with Gasteiger partial charge in [0.25, 0.3) is 0 Å². The van der Waals surface area contributed by atoms with Gasteiger partial charge in [0.15, 0.2) is 0 Å². The minimum absolute atomic E-state index is 0.119. The summed E-state index contributed by atoms with van der Waals surface area (Å²) in [6.45, 7) is 1.71. The van der Waals surface area contributed by atoms with Gasteiger partial charge in [-0.15, -0.1) is 11.8 Å². The predicted octanol–water partition coefficient (Wildman–Crippen LogP) is 3.03. The van der Waals surface area contributed by atoms with E-state index in [9.17, 15) is 4.79 Å². The molecule has 1 aromatic carbocycles. The zero-order valence-electron chi connectivity index (χ0n) is 8.54. The highest BCUT2D eigenvalue weighted by Crippen LogP contribution is 2.49. The lowest BCUT2D eigenvalue weighted by molar-refractivity contribution is -0.119. The maximum atomic E-state index is 11.5. The van der Waals surface area contributed by atoms with Crippen LogP contribution in [0.5, 0.6) is 0 Å². The minimum atomic E-state index is -0.119. The molecule has 2 rings (SSSR count). The topological polar surface area (TPSA) is 17.1 Å². The van der Waals surface area contributed by atoms with Gasteiger partial charge in [-0.05, 0) is 43.7 Å². The van der Waals surface area contributed by atoms with E-state index in [2.05, 4.69) is 24.5 Å². The first-order chi connectivity index (χ1) is 6.69. The fourth-order valence-corrected chi connectivity index (χ4v) is 2.35. The van der Waals surface area contributed by atoms with Crippen LogP contribution in [0.3, 0.4) is 0 Å². The van der Waals surface area contributed by atoms with Gasteiger partial charge in [0.2, 0.25) is 0 Å². The summed E-state index contributed by atoms with van der Waals surface area (Å²) in [7, 11) is 0. The molecule has 1 saturated carbocycles. The monoisotopic (exact) mass is 206 g/mol. The number of benzene rings is 1. The Kier molecular flexibility index (Phi) is 2.40. The van der Waals surface area contributed by atoms with Crippen molar-refractivity contribution < 1.29 is 4.79 Å². The fourth-order valence-electron chi connectivity index (χ4n) is 1.89. The van der Waals surface area contributed by atoms with E-state index in [4.69, 9.17) is 0 Å². The van der Waals surface area contributed by atoms with Crippen LogP contribution in [0.1, 0.15) is 25.3 Å². The van der Waals surface area contributed by atoms with Crippen LogP contribution < -0.4 is 0 Å². The number of ketones is 1. The molecule has 0 saturated heterocycles. The average Bonchev–Trinajstić information content (AvgIpc) is 2.98. The van der Waals surface area contributed by atoms with E-state index in [1.807, 2.05) is 6.07 Å². The van der Waals surface area contributed by atoms with E-state index in [1.165, 1.54) is 10.5 Å². The Labute approximate surface area is 88.9 Å². The fraction of sp³-hybridized carbons (Fsp3) is 0.417. The van der Waals surface area contributed by atoms with Gasteiger partial charge in [0.05, 0.1) is 5.41 Å². The van der Waals surface area contributed by atoms with Gasteiger partial charge in [0.1, 0.15) is 5.78 Å². The quantitative estimate of drug-likeness (QED) is 0.707. The second-order valence-electron chi connectivity index (χ2n) is 3.87. The summed E-state index contributed by atoms with van der Waals surface area (Å²) < 4.78 is 0. The van der Waals surface area contributed by atoms with E-state index >= 15 is 0 Å². The molecule has 1 fully saturated rings. The van der Waals surface area contributed by atoms with Crippen LogP contribution in [-0.4, -0.2) is 12.0 Å². The molecule has 0 unspecified atom stereocenters. The van der Waals surface area contributed by atoms with E-state index in [0.29, 0.717) is 5.78 Å². The molecule has 0 bridgehead atoms. The summed E-state index contributed by atoms with van der Waals surface area (Å²) in [6.07, 6.45) is 4.12. The van der Waals surface area contributed by atoms with Gasteiger partial charge in [-0.25, -0.2) is 0 Å². The second kappa shape index (κ2) is 3.43. The first-order valence-electron chi connectivity index (χ1n) is 4.84. The number of carbonyl (C=O) groups excluding carboxylic acids is 1. The zero-order valence-corrected chi connectivity index (χ0v) is 9.36. The van der Waals surface area contributed by atoms with Crippen molar-refractivity contribution in [1.82, 2.24) is 0 Å². The number of thioether (sulfide) groups is 1. The lowest BCUT2D eigenvalue weighted by atomic mass is 9.92. The molecule has 0 radical (unpaired) electrons. The van der Waals surface area contributed by atoms with E-state index < -0.39 is 0 Å². The SMILES string of the molecule is CSc1cccc(C2(C(C)=O)CC2)c1. The number of Topliss-reactive ketones (excluding diaryl/α,β-unsaturated/α-hetero) is 1. The molecule has 0 aliphatic heterocycles. The van der Waals surface area contributed by atoms with Crippen LogP contribution in [0.4, 0.5) is 0 Å². The lowest BCUT2D eigenvalue weighted by Crippen LogP contribution is -2.16. The van der Waals surface area contributed by atoms with Crippen molar-refractivity contribution in [2.24, 2.45) is 0 Å². The largest absolute Gasteiger partial charge is 0.299 e. The highest BCUT2D eigenvalue weighted by atomic mass is 32.2. The third-order valence-corrected chi connectivity index (χ3v) is 3.77. The molecule has 0 amide bonds. The van der Waals surface area contributed by atoms with Crippen LogP contribution in [0.15, 0.2) is 29.2 Å². The standard InChI is InChI=1S/C12H14OS/c1-9(13)12(6-7-12)10-4-3-5-11(8-10)14-2/h3-5,8H,6-7H2,1-2H3. The molecule has 0 aromatic heterocycles. The summed E-state index contributed by atoms with van der Waals surface area (Å²) in [5.74, 6) is 0.316. The normalized spacial score (nSPS) is 17.9. The van der Waals surface area contributed by atoms with Crippen LogP contribution >= 0.6 is 11.8 Å². The Morgan fingerprint density at radius 1 is 1.43 bits per heavy atom. The van der Waals surface area contributed by atoms with Gasteiger partial charge in [-0.3, -0.25) is 4.79 Å². The van der Waals surface area contributed by atoms with E-state index in [0.717, 1.165) is 12.8 Å². The maximum absolute atomic E-state index is 11.5. The number of hydrogen-bond acceptors (Lipinski definition) is 2. The number of carbonyl (C=O) groups is 1. The third kappa shape index (κ3) is 1.48. The highest BCUT2D eigenvalue weighted by molar-refractivity contribution is 7.98. The summed E-state index contributed by atoms with van der Waals surface area (Å²) in [5, 5.41) is 0. The highest BCUT2D eigenvalue weighted by Gasteiger charge is 2.48. The van der Waals surface area contributed by atoms with E-state index in [1.54, 1.807) is 18.7 Å². The van der Waals surface area contributed by atoms with Crippen molar-refractivity contribution in [3.63, 3.8) is 0 Å². The Balaban J connectivity index is 2.37.